The van der Waals surface area contributed by atoms with Crippen LogP contribution in [0, 0.1) is 0 Å². The van der Waals surface area contributed by atoms with E-state index in [1.54, 1.807) is 9.75 Å². The molecule has 0 amide bonds. The molecule has 0 N–H and O–H groups in total. The van der Waals surface area contributed by atoms with Crippen LogP contribution in [0.2, 0.25) is 0 Å². The van der Waals surface area contributed by atoms with E-state index in [-0.39, 0.29) is 0 Å². The van der Waals surface area contributed by atoms with Gasteiger partial charge in [0.2, 0.25) is 0 Å². The third-order valence-corrected chi connectivity index (χ3v) is 14.5. The first-order valence-electron chi connectivity index (χ1n) is 19.7. The van der Waals surface area contributed by atoms with Crippen molar-refractivity contribution in [3.63, 3.8) is 0 Å². The Morgan fingerprint density at radius 3 is 1.12 bits per heavy atom. The molecule has 50 heavy (non-hydrogen) atoms. The van der Waals surface area contributed by atoms with Crippen LogP contribution in [0.15, 0.2) is 72.8 Å². The number of fused-ring (bicyclic) bond motifs is 8. The summed E-state index contributed by atoms with van der Waals surface area (Å²) < 4.78 is 2.97. The number of benzene rings is 8. The molecule has 0 fully saturated rings. The minimum absolute atomic E-state index is 1.20. The van der Waals surface area contributed by atoms with Crippen LogP contribution in [0.3, 0.4) is 0 Å². The van der Waals surface area contributed by atoms with Crippen molar-refractivity contribution in [2.24, 2.45) is 0 Å². The third kappa shape index (κ3) is 4.60. The Hall–Kier alpha value is -3.72. The molecule has 10 rings (SSSR count). The fourth-order valence-corrected chi connectivity index (χ4v) is 12.2. The maximum absolute atomic E-state index is 2.55. The normalized spacial score (nSPS) is 12.9. The van der Waals surface area contributed by atoms with Crippen LogP contribution in [0.25, 0.3) is 95.6 Å². The van der Waals surface area contributed by atoms with Crippen LogP contribution in [-0.2, 0) is 12.8 Å². The predicted octanol–water partition coefficient (Wildman–Crippen LogP) is 16.3. The topological polar surface area (TPSA) is 0 Å². The first-order valence-corrected chi connectivity index (χ1v) is 21.3. The maximum Gasteiger partial charge on any atom is 0.0430 e. The Bertz CT molecular complexity index is 2600. The van der Waals surface area contributed by atoms with Crippen LogP contribution >= 0.6 is 22.7 Å². The minimum atomic E-state index is 1.20. The average molecular weight is 687 g/mol. The quantitative estimate of drug-likeness (QED) is 0.0607. The monoisotopic (exact) mass is 686 g/mol. The van der Waals surface area contributed by atoms with Gasteiger partial charge in [-0.2, -0.15) is 0 Å². The highest BCUT2D eigenvalue weighted by Crippen LogP contribution is 2.54. The van der Waals surface area contributed by atoms with Crippen molar-refractivity contribution in [2.75, 3.05) is 0 Å². The fraction of sp³-hybridized carbons (Fsp3) is 0.333. The van der Waals surface area contributed by atoms with Crippen molar-refractivity contribution >= 4 is 118 Å². The van der Waals surface area contributed by atoms with E-state index in [0.29, 0.717) is 0 Å². The molecule has 2 heteroatoms. The summed E-state index contributed by atoms with van der Waals surface area (Å²) in [5.74, 6) is 0. The van der Waals surface area contributed by atoms with Crippen LogP contribution in [0.1, 0.15) is 101 Å². The molecule has 0 saturated carbocycles. The molecule has 250 valence electrons. The number of thiophene rings is 2. The lowest BCUT2D eigenvalue weighted by molar-refractivity contribution is 0.609. The zero-order chi connectivity index (χ0) is 33.3. The van der Waals surface area contributed by atoms with E-state index in [9.17, 15) is 0 Å². The van der Waals surface area contributed by atoms with Crippen molar-refractivity contribution in [2.45, 2.75) is 104 Å². The van der Waals surface area contributed by atoms with Crippen molar-refractivity contribution in [1.29, 1.82) is 0 Å². The van der Waals surface area contributed by atoms with E-state index in [1.165, 1.54) is 185 Å². The third-order valence-electron chi connectivity index (χ3n) is 12.1. The largest absolute Gasteiger partial charge is 0.140 e. The molecule has 0 atom stereocenters. The second-order valence-electron chi connectivity index (χ2n) is 15.2. The summed E-state index contributed by atoms with van der Waals surface area (Å²) in [5.41, 5.74) is 0. The molecule has 0 bridgehead atoms. The first-order chi connectivity index (χ1) is 24.8. The number of unbranched alkanes of at least 4 members (excludes halogenated alkanes) is 10. The van der Waals surface area contributed by atoms with Gasteiger partial charge in [0.05, 0.1) is 0 Å². The van der Waals surface area contributed by atoms with Gasteiger partial charge in [-0.25, -0.2) is 0 Å². The molecule has 0 radical (unpaired) electrons. The first kappa shape index (κ1) is 31.1. The van der Waals surface area contributed by atoms with E-state index < -0.39 is 0 Å². The minimum Gasteiger partial charge on any atom is -0.140 e. The van der Waals surface area contributed by atoms with Gasteiger partial charge in [-0.1, -0.05) is 139 Å². The summed E-state index contributed by atoms with van der Waals surface area (Å²) in [7, 11) is 0. The molecule has 2 heterocycles. The van der Waals surface area contributed by atoms with Gasteiger partial charge in [-0.15, -0.1) is 22.7 Å². The zero-order valence-corrected chi connectivity index (χ0v) is 31.3. The summed E-state index contributed by atoms with van der Waals surface area (Å²) in [6.45, 7) is 4.61. The molecule has 0 aliphatic carbocycles. The molecular weight excluding hydrogens is 641 g/mol. The average Bonchev–Trinajstić information content (AvgIpc) is 3.79. The molecule has 0 unspecified atom stereocenters. The highest BCUT2D eigenvalue weighted by atomic mass is 32.1. The van der Waals surface area contributed by atoms with Gasteiger partial charge in [0.15, 0.2) is 0 Å². The molecule has 10 aromatic rings. The summed E-state index contributed by atoms with van der Waals surface area (Å²) >= 11 is 4.13. The van der Waals surface area contributed by atoms with Crippen molar-refractivity contribution < 1.29 is 0 Å². The van der Waals surface area contributed by atoms with Gasteiger partial charge in [0.25, 0.3) is 0 Å². The van der Waals surface area contributed by atoms with Gasteiger partial charge in [-0.3, -0.25) is 0 Å². The van der Waals surface area contributed by atoms with Crippen LogP contribution in [0.4, 0.5) is 0 Å². The molecule has 0 saturated heterocycles. The predicted molar refractivity (Wildman–Crippen MR) is 227 cm³/mol. The molecule has 0 spiro atoms. The van der Waals surface area contributed by atoms with E-state index >= 15 is 0 Å². The Morgan fingerprint density at radius 2 is 0.680 bits per heavy atom. The van der Waals surface area contributed by atoms with Crippen LogP contribution < -0.4 is 0 Å². The molecule has 2 aromatic heterocycles. The van der Waals surface area contributed by atoms with Crippen molar-refractivity contribution in [1.82, 2.24) is 0 Å². The number of hydrogen-bond acceptors (Lipinski definition) is 2. The van der Waals surface area contributed by atoms with Gasteiger partial charge in [-0.05, 0) is 91.7 Å². The lowest BCUT2D eigenvalue weighted by Crippen LogP contribution is -1.94. The Labute approximate surface area is 303 Å². The van der Waals surface area contributed by atoms with E-state index in [4.69, 9.17) is 0 Å². The van der Waals surface area contributed by atoms with Gasteiger partial charge < -0.3 is 0 Å². The Kier molecular flexibility index (Phi) is 7.76. The van der Waals surface area contributed by atoms with E-state index in [0.717, 1.165) is 0 Å². The van der Waals surface area contributed by atoms with Crippen LogP contribution in [0.5, 0.6) is 0 Å². The van der Waals surface area contributed by atoms with Gasteiger partial charge in [0.1, 0.15) is 0 Å². The maximum atomic E-state index is 2.55. The van der Waals surface area contributed by atoms with Crippen molar-refractivity contribution in [3.05, 3.63) is 82.6 Å². The molecule has 0 aliphatic rings. The molecule has 0 nitrogen and oxygen atoms in total. The number of aryl methyl sites for hydroxylation is 2. The molecule has 8 aromatic carbocycles. The van der Waals surface area contributed by atoms with Crippen LogP contribution in [-0.4, -0.2) is 0 Å². The van der Waals surface area contributed by atoms with E-state index in [1.807, 2.05) is 0 Å². The highest BCUT2D eigenvalue weighted by molar-refractivity contribution is 7.20. The standard InChI is InChI=1S/C48H46S2/c1-3-5-7-9-11-13-17-29-27-39-33-21-15-19-31-36-24-26-38-46-42-32(35-23-25-37(47(39)49-29)45(41(31)33)43(35)44(36)46)20-16-22-34(42)40-28-30(50-48(38)40)18-14-12-10-8-6-4-2/h15-16,19-28H,3-14,17-18H2,1-2H3. The lowest BCUT2D eigenvalue weighted by Gasteiger charge is -2.22. The SMILES string of the molecule is CCCCCCCCc1cc2c3cccc4c5ccc6c7sc(CCCCCCCC)cc7c7cccc8c9ccc(c2s1)c(c34)c9c5c6c78. The Morgan fingerprint density at radius 1 is 0.340 bits per heavy atom. The lowest BCUT2D eigenvalue weighted by atomic mass is 9.80. The number of hydrogen-bond donors (Lipinski definition) is 0. The smallest absolute Gasteiger partial charge is 0.0430 e. The second kappa shape index (κ2) is 12.5. The second-order valence-corrected chi connectivity index (χ2v) is 17.5. The number of rotatable bonds is 14. The van der Waals surface area contributed by atoms with Gasteiger partial charge >= 0.3 is 0 Å². The van der Waals surface area contributed by atoms with E-state index in [2.05, 4.69) is 109 Å². The summed E-state index contributed by atoms with van der Waals surface area (Å²) in [6, 6.07) is 29.3. The molecule has 0 aliphatic heterocycles. The highest BCUT2D eigenvalue weighted by Gasteiger charge is 2.25. The zero-order valence-electron chi connectivity index (χ0n) is 29.6. The summed E-state index contributed by atoms with van der Waals surface area (Å²) in [5, 5.41) is 23.3. The fourth-order valence-electron chi connectivity index (χ4n) is 9.70. The Balaban J connectivity index is 1.20. The molecular formula is C48H46S2. The van der Waals surface area contributed by atoms with Crippen molar-refractivity contribution in [3.8, 4) is 0 Å². The summed E-state index contributed by atoms with van der Waals surface area (Å²) in [4.78, 5) is 3.11. The van der Waals surface area contributed by atoms with Gasteiger partial charge in [0, 0.05) is 51.5 Å². The summed E-state index contributed by atoms with van der Waals surface area (Å²) in [6.07, 6.45) is 18.6.